The number of rotatable bonds is 6. The van der Waals surface area contributed by atoms with E-state index < -0.39 is 5.25 Å². The summed E-state index contributed by atoms with van der Waals surface area (Å²) >= 11 is 1.32. The van der Waals surface area contributed by atoms with Crippen LogP contribution in [0.3, 0.4) is 0 Å². The van der Waals surface area contributed by atoms with Crippen LogP contribution in [0, 0.1) is 13.8 Å². The van der Waals surface area contributed by atoms with Crippen molar-refractivity contribution < 1.29 is 4.79 Å². The van der Waals surface area contributed by atoms with Gasteiger partial charge in [-0.25, -0.2) is 4.98 Å². The fraction of sp³-hybridized carbons (Fsp3) is 0.348. The zero-order chi connectivity index (χ0) is 21.1. The van der Waals surface area contributed by atoms with Crippen LogP contribution in [0.1, 0.15) is 44.4 Å². The lowest BCUT2D eigenvalue weighted by atomic mass is 10.1. The standard InChI is InChI=1S/C23H27N3O2S/c1-6-16(4)26-22(28)18-12-7-8-13-19(18)24-23(26)29-17(5)21(27)25-20-14(2)10-9-11-15(20)3/h7-13,16-17H,6H2,1-5H3,(H,25,27)/t16-,17+/m1/s1. The highest BCUT2D eigenvalue weighted by molar-refractivity contribution is 8.00. The topological polar surface area (TPSA) is 64.0 Å². The van der Waals surface area contributed by atoms with E-state index in [0.29, 0.717) is 16.1 Å². The second-order valence-corrected chi connectivity index (χ2v) is 8.67. The van der Waals surface area contributed by atoms with Gasteiger partial charge in [-0.3, -0.25) is 14.2 Å². The number of thioether (sulfide) groups is 1. The molecule has 1 N–H and O–H groups in total. The van der Waals surface area contributed by atoms with E-state index in [0.717, 1.165) is 23.2 Å². The Morgan fingerprint density at radius 3 is 2.41 bits per heavy atom. The maximum Gasteiger partial charge on any atom is 0.262 e. The van der Waals surface area contributed by atoms with Gasteiger partial charge in [-0.05, 0) is 57.4 Å². The average Bonchev–Trinajstić information content (AvgIpc) is 2.70. The van der Waals surface area contributed by atoms with Crippen LogP contribution in [-0.2, 0) is 4.79 Å². The van der Waals surface area contributed by atoms with Crippen LogP contribution in [0.4, 0.5) is 5.69 Å². The van der Waals surface area contributed by atoms with Gasteiger partial charge in [-0.1, -0.05) is 49.0 Å². The number of hydrogen-bond acceptors (Lipinski definition) is 4. The summed E-state index contributed by atoms with van der Waals surface area (Å²) in [4.78, 5) is 30.7. The summed E-state index contributed by atoms with van der Waals surface area (Å²) in [6.07, 6.45) is 0.802. The number of para-hydroxylation sites is 2. The second-order valence-electron chi connectivity index (χ2n) is 7.36. The van der Waals surface area contributed by atoms with E-state index in [9.17, 15) is 9.59 Å². The molecule has 3 aromatic rings. The van der Waals surface area contributed by atoms with E-state index in [4.69, 9.17) is 4.98 Å². The van der Waals surface area contributed by atoms with Gasteiger partial charge in [0.2, 0.25) is 5.91 Å². The van der Waals surface area contributed by atoms with Crippen molar-refractivity contribution in [2.45, 2.75) is 57.5 Å². The molecule has 1 aromatic heterocycles. The van der Waals surface area contributed by atoms with E-state index in [1.165, 1.54) is 11.8 Å². The lowest BCUT2D eigenvalue weighted by Crippen LogP contribution is -2.29. The molecule has 0 radical (unpaired) electrons. The largest absolute Gasteiger partial charge is 0.325 e. The summed E-state index contributed by atoms with van der Waals surface area (Å²) in [5.74, 6) is -0.106. The predicted octanol–water partition coefficient (Wildman–Crippen LogP) is 5.10. The highest BCUT2D eigenvalue weighted by Crippen LogP contribution is 2.27. The number of anilines is 1. The first kappa shape index (κ1) is 21.1. The molecule has 3 rings (SSSR count). The molecule has 0 aliphatic carbocycles. The summed E-state index contributed by atoms with van der Waals surface area (Å²) in [5, 5.41) is 3.81. The van der Waals surface area contributed by atoms with Crippen LogP contribution < -0.4 is 10.9 Å². The molecule has 0 aliphatic heterocycles. The third-order valence-electron chi connectivity index (χ3n) is 5.19. The molecule has 0 saturated heterocycles. The Kier molecular flexibility index (Phi) is 6.42. The smallest absolute Gasteiger partial charge is 0.262 e. The van der Waals surface area contributed by atoms with Crippen LogP contribution in [0.2, 0.25) is 0 Å². The van der Waals surface area contributed by atoms with Crippen molar-refractivity contribution in [1.29, 1.82) is 0 Å². The van der Waals surface area contributed by atoms with Crippen molar-refractivity contribution in [3.63, 3.8) is 0 Å². The zero-order valence-electron chi connectivity index (χ0n) is 17.5. The van der Waals surface area contributed by atoms with Crippen LogP contribution in [-0.4, -0.2) is 20.7 Å². The van der Waals surface area contributed by atoms with E-state index in [-0.39, 0.29) is 17.5 Å². The number of benzene rings is 2. The van der Waals surface area contributed by atoms with Gasteiger partial charge in [-0.2, -0.15) is 0 Å². The number of carbonyl (C=O) groups is 1. The number of hydrogen-bond donors (Lipinski definition) is 1. The number of aromatic nitrogens is 2. The lowest BCUT2D eigenvalue weighted by molar-refractivity contribution is -0.115. The van der Waals surface area contributed by atoms with Gasteiger partial charge in [0.05, 0.1) is 16.2 Å². The lowest BCUT2D eigenvalue weighted by Gasteiger charge is -2.20. The van der Waals surface area contributed by atoms with Crippen molar-refractivity contribution >= 4 is 34.3 Å². The van der Waals surface area contributed by atoms with Crippen LogP contribution in [0.15, 0.2) is 52.4 Å². The summed E-state index contributed by atoms with van der Waals surface area (Å²) in [5.41, 5.74) is 3.49. The summed E-state index contributed by atoms with van der Waals surface area (Å²) in [6, 6.07) is 13.3. The van der Waals surface area contributed by atoms with Crippen molar-refractivity contribution in [3.8, 4) is 0 Å². The summed E-state index contributed by atoms with van der Waals surface area (Å²) in [7, 11) is 0. The molecule has 1 amide bonds. The fourth-order valence-corrected chi connectivity index (χ4v) is 4.24. The molecule has 5 nitrogen and oxygen atoms in total. The number of nitrogens with one attached hydrogen (secondary N) is 1. The molecular weight excluding hydrogens is 382 g/mol. The molecule has 0 fully saturated rings. The minimum atomic E-state index is -0.405. The molecule has 0 aliphatic rings. The summed E-state index contributed by atoms with van der Waals surface area (Å²) in [6.45, 7) is 9.84. The molecule has 0 spiro atoms. The maximum absolute atomic E-state index is 13.1. The second kappa shape index (κ2) is 8.82. The molecule has 0 unspecified atom stereocenters. The van der Waals surface area contributed by atoms with Crippen LogP contribution in [0.25, 0.3) is 10.9 Å². The first-order valence-electron chi connectivity index (χ1n) is 9.88. The third kappa shape index (κ3) is 4.37. The van der Waals surface area contributed by atoms with Crippen molar-refractivity contribution in [1.82, 2.24) is 9.55 Å². The molecule has 2 aromatic carbocycles. The van der Waals surface area contributed by atoms with Gasteiger partial charge in [-0.15, -0.1) is 0 Å². The van der Waals surface area contributed by atoms with E-state index in [1.54, 1.807) is 10.6 Å². The Bertz CT molecular complexity index is 1090. The van der Waals surface area contributed by atoms with Crippen LogP contribution >= 0.6 is 11.8 Å². The quantitative estimate of drug-likeness (QED) is 0.454. The Morgan fingerprint density at radius 2 is 1.76 bits per heavy atom. The zero-order valence-corrected chi connectivity index (χ0v) is 18.3. The molecule has 0 saturated carbocycles. The van der Waals surface area contributed by atoms with E-state index >= 15 is 0 Å². The number of aryl methyl sites for hydroxylation is 2. The highest BCUT2D eigenvalue weighted by Gasteiger charge is 2.22. The van der Waals surface area contributed by atoms with Gasteiger partial charge in [0.25, 0.3) is 5.56 Å². The highest BCUT2D eigenvalue weighted by atomic mass is 32.2. The molecule has 0 bridgehead atoms. The fourth-order valence-electron chi connectivity index (χ4n) is 3.23. The van der Waals surface area contributed by atoms with Crippen molar-refractivity contribution in [2.24, 2.45) is 0 Å². The SMILES string of the molecule is CC[C@@H](C)n1c(S[C@@H](C)C(=O)Nc2c(C)cccc2C)nc2ccccc2c1=O. The minimum absolute atomic E-state index is 0.00372. The molecule has 1 heterocycles. The first-order chi connectivity index (χ1) is 13.8. The third-order valence-corrected chi connectivity index (χ3v) is 6.25. The Balaban J connectivity index is 1.94. The number of fused-ring (bicyclic) bond motifs is 1. The average molecular weight is 410 g/mol. The molecule has 152 valence electrons. The number of nitrogens with zero attached hydrogens (tertiary/aromatic N) is 2. The van der Waals surface area contributed by atoms with Crippen molar-refractivity contribution in [3.05, 3.63) is 63.9 Å². The molecule has 6 heteroatoms. The van der Waals surface area contributed by atoms with E-state index in [1.807, 2.05) is 71.0 Å². The number of carbonyl (C=O) groups excluding carboxylic acids is 1. The van der Waals surface area contributed by atoms with E-state index in [2.05, 4.69) is 5.32 Å². The monoisotopic (exact) mass is 409 g/mol. The Morgan fingerprint density at radius 1 is 1.10 bits per heavy atom. The summed E-state index contributed by atoms with van der Waals surface area (Å²) < 4.78 is 1.72. The molecule has 29 heavy (non-hydrogen) atoms. The molecule has 2 atom stereocenters. The van der Waals surface area contributed by atoms with Crippen molar-refractivity contribution in [2.75, 3.05) is 5.32 Å². The predicted molar refractivity (Wildman–Crippen MR) is 121 cm³/mol. The normalized spacial score (nSPS) is 13.3. The van der Waals surface area contributed by atoms with Crippen LogP contribution in [0.5, 0.6) is 0 Å². The maximum atomic E-state index is 13.1. The number of amides is 1. The Hall–Kier alpha value is -2.60. The van der Waals surface area contributed by atoms with Gasteiger partial charge in [0.15, 0.2) is 5.16 Å². The van der Waals surface area contributed by atoms with Gasteiger partial charge in [0, 0.05) is 11.7 Å². The van der Waals surface area contributed by atoms with Gasteiger partial charge in [0.1, 0.15) is 0 Å². The Labute approximate surface area is 175 Å². The minimum Gasteiger partial charge on any atom is -0.325 e. The van der Waals surface area contributed by atoms with Gasteiger partial charge >= 0.3 is 0 Å². The first-order valence-corrected chi connectivity index (χ1v) is 10.8. The molecular formula is C23H27N3O2S. The van der Waals surface area contributed by atoms with Gasteiger partial charge < -0.3 is 5.32 Å².